The molecule has 0 amide bonds. The minimum absolute atomic E-state index is 0.0797. The standard InChI is InChI=1S/C9H12ClNO3S/c1-9(2)13-5(4-12)7(14-9)6-3-11-8(10)15-6/h3,5,7,12H,4H2,1-2H3/t5-,7+/m0/s1. The van der Waals surface area contributed by atoms with Crippen molar-refractivity contribution < 1.29 is 14.6 Å². The van der Waals surface area contributed by atoms with Gasteiger partial charge in [0.25, 0.3) is 0 Å². The van der Waals surface area contributed by atoms with E-state index >= 15 is 0 Å². The Kier molecular flexibility index (Phi) is 3.00. The SMILES string of the molecule is CC1(C)O[C@@H](CO)[C@H](c2cnc(Cl)s2)O1. The van der Waals surface area contributed by atoms with Crippen LogP contribution in [-0.4, -0.2) is 28.6 Å². The van der Waals surface area contributed by atoms with E-state index in [1.165, 1.54) is 11.3 Å². The first kappa shape index (κ1) is 11.3. The number of ether oxygens (including phenoxy) is 2. The first-order valence-corrected chi connectivity index (χ1v) is 5.79. The molecule has 1 saturated heterocycles. The smallest absolute Gasteiger partial charge is 0.183 e. The fourth-order valence-electron chi connectivity index (χ4n) is 1.61. The number of nitrogens with zero attached hydrogens (tertiary/aromatic N) is 1. The average molecular weight is 250 g/mol. The molecule has 84 valence electrons. The van der Waals surface area contributed by atoms with Gasteiger partial charge >= 0.3 is 0 Å². The zero-order valence-corrected chi connectivity index (χ0v) is 10.0. The van der Waals surface area contributed by atoms with Crippen LogP contribution in [0.4, 0.5) is 0 Å². The van der Waals surface area contributed by atoms with Crippen LogP contribution in [0.5, 0.6) is 0 Å². The number of aromatic nitrogens is 1. The van der Waals surface area contributed by atoms with Gasteiger partial charge < -0.3 is 14.6 Å². The molecule has 1 aromatic heterocycles. The van der Waals surface area contributed by atoms with Crippen LogP contribution in [0.1, 0.15) is 24.8 Å². The quantitative estimate of drug-likeness (QED) is 0.871. The van der Waals surface area contributed by atoms with Gasteiger partial charge in [0.2, 0.25) is 0 Å². The summed E-state index contributed by atoms with van der Waals surface area (Å²) in [4.78, 5) is 4.82. The van der Waals surface area contributed by atoms with Gasteiger partial charge in [0.15, 0.2) is 10.3 Å². The zero-order valence-electron chi connectivity index (χ0n) is 8.44. The molecular weight excluding hydrogens is 238 g/mol. The lowest BCUT2D eigenvalue weighted by molar-refractivity contribution is -0.149. The van der Waals surface area contributed by atoms with E-state index < -0.39 is 5.79 Å². The Morgan fingerprint density at radius 2 is 2.33 bits per heavy atom. The summed E-state index contributed by atoms with van der Waals surface area (Å²) >= 11 is 7.09. The number of halogens is 1. The van der Waals surface area contributed by atoms with Crippen molar-refractivity contribution in [1.82, 2.24) is 4.98 Å². The highest BCUT2D eigenvalue weighted by molar-refractivity contribution is 7.15. The molecule has 15 heavy (non-hydrogen) atoms. The molecule has 1 N–H and O–H groups in total. The second kappa shape index (κ2) is 3.99. The Morgan fingerprint density at radius 1 is 1.60 bits per heavy atom. The van der Waals surface area contributed by atoms with Gasteiger partial charge in [-0.25, -0.2) is 4.98 Å². The van der Waals surface area contributed by atoms with Gasteiger partial charge in [0.05, 0.1) is 11.5 Å². The molecule has 0 aromatic carbocycles. The third-order valence-corrected chi connectivity index (χ3v) is 3.32. The summed E-state index contributed by atoms with van der Waals surface area (Å²) < 4.78 is 11.7. The molecule has 1 aliphatic rings. The molecule has 0 aliphatic carbocycles. The van der Waals surface area contributed by atoms with Crippen LogP contribution in [0.25, 0.3) is 0 Å². The van der Waals surface area contributed by atoms with Crippen molar-refractivity contribution in [3.8, 4) is 0 Å². The maximum absolute atomic E-state index is 9.18. The van der Waals surface area contributed by atoms with E-state index in [1.807, 2.05) is 13.8 Å². The van der Waals surface area contributed by atoms with Gasteiger partial charge in [-0.1, -0.05) is 11.6 Å². The van der Waals surface area contributed by atoms with Gasteiger partial charge in [-0.3, -0.25) is 0 Å². The molecule has 1 fully saturated rings. The van der Waals surface area contributed by atoms with Crippen molar-refractivity contribution in [2.45, 2.75) is 31.8 Å². The summed E-state index contributed by atoms with van der Waals surface area (Å²) in [7, 11) is 0. The summed E-state index contributed by atoms with van der Waals surface area (Å²) in [6, 6.07) is 0. The lowest BCUT2D eigenvalue weighted by Crippen LogP contribution is -2.23. The molecule has 0 radical (unpaired) electrons. The molecule has 1 aromatic rings. The van der Waals surface area contributed by atoms with Gasteiger partial charge in [-0.05, 0) is 13.8 Å². The molecule has 0 unspecified atom stereocenters. The molecule has 0 saturated carbocycles. The summed E-state index contributed by atoms with van der Waals surface area (Å²) in [5.74, 6) is -0.672. The van der Waals surface area contributed by atoms with E-state index in [9.17, 15) is 5.11 Å². The third-order valence-electron chi connectivity index (χ3n) is 2.14. The highest BCUT2D eigenvalue weighted by atomic mass is 35.5. The second-order valence-corrected chi connectivity index (χ2v) is 5.44. The Balaban J connectivity index is 2.21. The molecule has 2 heterocycles. The van der Waals surface area contributed by atoms with Crippen molar-refractivity contribution in [3.05, 3.63) is 15.5 Å². The van der Waals surface area contributed by atoms with Crippen LogP contribution >= 0.6 is 22.9 Å². The minimum atomic E-state index is -0.672. The lowest BCUT2D eigenvalue weighted by atomic mass is 10.2. The van der Waals surface area contributed by atoms with Gasteiger partial charge in [0, 0.05) is 6.20 Å². The first-order chi connectivity index (χ1) is 7.02. The summed E-state index contributed by atoms with van der Waals surface area (Å²) in [6.45, 7) is 3.56. The Bertz CT molecular complexity index is 355. The van der Waals surface area contributed by atoms with Crippen LogP contribution in [-0.2, 0) is 9.47 Å². The predicted octanol–water partition coefficient (Wildman–Crippen LogP) is 1.98. The van der Waals surface area contributed by atoms with Crippen molar-refractivity contribution >= 4 is 22.9 Å². The van der Waals surface area contributed by atoms with Crippen LogP contribution in [0, 0.1) is 0 Å². The maximum Gasteiger partial charge on any atom is 0.183 e. The fraction of sp³-hybridized carbons (Fsp3) is 0.667. The molecule has 6 heteroatoms. The van der Waals surface area contributed by atoms with Crippen LogP contribution in [0.3, 0.4) is 0 Å². The topological polar surface area (TPSA) is 51.6 Å². The summed E-state index contributed by atoms with van der Waals surface area (Å²) in [5, 5.41) is 9.18. The number of hydrogen-bond acceptors (Lipinski definition) is 5. The summed E-state index contributed by atoms with van der Waals surface area (Å²) in [6.07, 6.45) is 1.02. The normalized spacial score (nSPS) is 29.6. The predicted molar refractivity (Wildman–Crippen MR) is 57.0 cm³/mol. The van der Waals surface area contributed by atoms with Gasteiger partial charge in [-0.2, -0.15) is 0 Å². The van der Waals surface area contributed by atoms with Crippen molar-refractivity contribution in [2.24, 2.45) is 0 Å². The highest BCUT2D eigenvalue weighted by Gasteiger charge is 2.42. The number of thiazole rings is 1. The fourth-order valence-corrected chi connectivity index (χ4v) is 2.64. The molecule has 1 aliphatic heterocycles. The van der Waals surface area contributed by atoms with E-state index in [2.05, 4.69) is 4.98 Å². The van der Waals surface area contributed by atoms with Crippen LogP contribution in [0.15, 0.2) is 6.20 Å². The maximum atomic E-state index is 9.18. The number of aliphatic hydroxyl groups is 1. The molecule has 4 nitrogen and oxygen atoms in total. The zero-order chi connectivity index (χ0) is 11.1. The van der Waals surface area contributed by atoms with E-state index in [4.69, 9.17) is 21.1 Å². The number of hydrogen-bond donors (Lipinski definition) is 1. The van der Waals surface area contributed by atoms with Crippen molar-refractivity contribution in [3.63, 3.8) is 0 Å². The Morgan fingerprint density at radius 3 is 2.87 bits per heavy atom. The molecule has 0 bridgehead atoms. The van der Waals surface area contributed by atoms with E-state index in [0.717, 1.165) is 4.88 Å². The second-order valence-electron chi connectivity index (χ2n) is 3.79. The average Bonchev–Trinajstić information content (AvgIpc) is 2.69. The number of aliphatic hydroxyl groups excluding tert-OH is 1. The Hall–Kier alpha value is -0.200. The first-order valence-electron chi connectivity index (χ1n) is 4.59. The van der Waals surface area contributed by atoms with Gasteiger partial charge in [0.1, 0.15) is 12.2 Å². The summed E-state index contributed by atoms with van der Waals surface area (Å²) in [5.41, 5.74) is 0. The van der Waals surface area contributed by atoms with E-state index in [0.29, 0.717) is 4.47 Å². The Labute approximate surface area is 96.8 Å². The number of rotatable bonds is 2. The minimum Gasteiger partial charge on any atom is -0.394 e. The molecule has 2 atom stereocenters. The van der Waals surface area contributed by atoms with Gasteiger partial charge in [-0.15, -0.1) is 11.3 Å². The molecule has 0 spiro atoms. The van der Waals surface area contributed by atoms with Crippen LogP contribution < -0.4 is 0 Å². The van der Waals surface area contributed by atoms with Crippen molar-refractivity contribution in [2.75, 3.05) is 6.61 Å². The monoisotopic (exact) mass is 249 g/mol. The molecular formula is C9H12ClNO3S. The third kappa shape index (κ3) is 2.32. The van der Waals surface area contributed by atoms with Crippen molar-refractivity contribution in [1.29, 1.82) is 0 Å². The van der Waals surface area contributed by atoms with E-state index in [1.54, 1.807) is 6.20 Å². The largest absolute Gasteiger partial charge is 0.394 e. The lowest BCUT2D eigenvalue weighted by Gasteiger charge is -2.16. The molecule has 2 rings (SSSR count). The van der Waals surface area contributed by atoms with E-state index in [-0.39, 0.29) is 18.8 Å². The highest BCUT2D eigenvalue weighted by Crippen LogP contribution is 2.40. The van der Waals surface area contributed by atoms with Crippen LogP contribution in [0.2, 0.25) is 4.47 Å².